The first-order chi connectivity index (χ1) is 9.19. The van der Waals surface area contributed by atoms with Gasteiger partial charge in [0, 0.05) is 19.8 Å². The minimum atomic E-state index is 0.304. The molecule has 0 fully saturated rings. The molecule has 1 N–H and O–H groups in total. The topological polar surface area (TPSA) is 30.5 Å². The number of unbranched alkanes of at least 4 members (excludes halogenated alkanes) is 1. The molecule has 0 aromatic heterocycles. The summed E-state index contributed by atoms with van der Waals surface area (Å²) in [6, 6.07) is 6.28. The lowest BCUT2D eigenvalue weighted by atomic mass is 10.1. The molecule has 0 radical (unpaired) electrons. The SMILES string of the molecule is CCNC(C)c1ccc(OCCCCOC)c(Cl)c1. The fourth-order valence-corrected chi connectivity index (χ4v) is 2.10. The molecule has 1 rings (SSSR count). The first-order valence-electron chi connectivity index (χ1n) is 6.83. The standard InChI is InChI=1S/C15H24ClNO2/c1-4-17-12(2)13-7-8-15(14(16)11-13)19-10-6-5-9-18-3/h7-8,11-12,17H,4-6,9-10H2,1-3H3. The van der Waals surface area contributed by atoms with Gasteiger partial charge in [-0.05, 0) is 44.0 Å². The van der Waals surface area contributed by atoms with Gasteiger partial charge in [0.2, 0.25) is 0 Å². The summed E-state index contributed by atoms with van der Waals surface area (Å²) < 4.78 is 10.7. The van der Waals surface area contributed by atoms with Crippen molar-refractivity contribution in [3.8, 4) is 5.75 Å². The molecule has 0 aliphatic heterocycles. The van der Waals surface area contributed by atoms with E-state index in [9.17, 15) is 0 Å². The van der Waals surface area contributed by atoms with E-state index >= 15 is 0 Å². The number of hydrogen-bond acceptors (Lipinski definition) is 3. The van der Waals surface area contributed by atoms with E-state index in [4.69, 9.17) is 21.1 Å². The summed E-state index contributed by atoms with van der Waals surface area (Å²) in [7, 11) is 1.71. The van der Waals surface area contributed by atoms with Crippen molar-refractivity contribution in [3.05, 3.63) is 28.8 Å². The van der Waals surface area contributed by atoms with Crippen LogP contribution in [-0.4, -0.2) is 26.9 Å². The predicted molar refractivity (Wildman–Crippen MR) is 80.1 cm³/mol. The van der Waals surface area contributed by atoms with E-state index in [-0.39, 0.29) is 0 Å². The summed E-state index contributed by atoms with van der Waals surface area (Å²) in [6.07, 6.45) is 1.98. The van der Waals surface area contributed by atoms with Crippen molar-refractivity contribution in [3.63, 3.8) is 0 Å². The number of halogens is 1. The smallest absolute Gasteiger partial charge is 0.137 e. The van der Waals surface area contributed by atoms with Gasteiger partial charge in [-0.2, -0.15) is 0 Å². The van der Waals surface area contributed by atoms with Crippen LogP contribution in [0.2, 0.25) is 5.02 Å². The molecule has 108 valence electrons. The average molecular weight is 286 g/mol. The van der Waals surface area contributed by atoms with Gasteiger partial charge >= 0.3 is 0 Å². The Morgan fingerprint density at radius 2 is 2.00 bits per heavy atom. The molecule has 1 aromatic carbocycles. The van der Waals surface area contributed by atoms with Crippen LogP contribution in [0.25, 0.3) is 0 Å². The molecule has 0 bridgehead atoms. The summed E-state index contributed by atoms with van der Waals surface area (Å²) in [5.41, 5.74) is 1.18. The van der Waals surface area contributed by atoms with Crippen LogP contribution in [0.15, 0.2) is 18.2 Å². The van der Waals surface area contributed by atoms with Crippen LogP contribution in [0.5, 0.6) is 5.75 Å². The van der Waals surface area contributed by atoms with Crippen LogP contribution in [-0.2, 0) is 4.74 Å². The van der Waals surface area contributed by atoms with Crippen LogP contribution >= 0.6 is 11.6 Å². The molecule has 0 aliphatic carbocycles. The van der Waals surface area contributed by atoms with Gasteiger partial charge in [-0.3, -0.25) is 0 Å². The van der Waals surface area contributed by atoms with E-state index in [1.165, 1.54) is 5.56 Å². The Labute approximate surface area is 121 Å². The van der Waals surface area contributed by atoms with Crippen LogP contribution in [0.1, 0.15) is 38.3 Å². The van der Waals surface area contributed by atoms with E-state index in [0.717, 1.165) is 31.7 Å². The average Bonchev–Trinajstić information content (AvgIpc) is 2.40. The summed E-state index contributed by atoms with van der Waals surface area (Å²) in [6.45, 7) is 6.61. The maximum Gasteiger partial charge on any atom is 0.137 e. The second-order valence-corrected chi connectivity index (χ2v) is 4.92. The first kappa shape index (κ1) is 16.3. The first-order valence-corrected chi connectivity index (χ1v) is 7.21. The lowest BCUT2D eigenvalue weighted by molar-refractivity contribution is 0.184. The largest absolute Gasteiger partial charge is 0.492 e. The highest BCUT2D eigenvalue weighted by Gasteiger charge is 2.07. The third-order valence-corrected chi connectivity index (χ3v) is 3.26. The highest BCUT2D eigenvalue weighted by Crippen LogP contribution is 2.28. The van der Waals surface area contributed by atoms with Crippen molar-refractivity contribution < 1.29 is 9.47 Å². The van der Waals surface area contributed by atoms with Gasteiger partial charge in [0.05, 0.1) is 11.6 Å². The van der Waals surface area contributed by atoms with Crippen LogP contribution in [0, 0.1) is 0 Å². The molecule has 0 saturated heterocycles. The molecule has 0 saturated carbocycles. The monoisotopic (exact) mass is 285 g/mol. The maximum absolute atomic E-state index is 6.24. The minimum absolute atomic E-state index is 0.304. The van der Waals surface area contributed by atoms with E-state index in [1.807, 2.05) is 12.1 Å². The third kappa shape index (κ3) is 5.81. The molecular formula is C15H24ClNO2. The van der Waals surface area contributed by atoms with Gasteiger partial charge in [0.1, 0.15) is 5.75 Å². The number of rotatable bonds is 9. The Bertz CT molecular complexity index is 371. The van der Waals surface area contributed by atoms with E-state index < -0.39 is 0 Å². The molecule has 4 heteroatoms. The molecule has 0 heterocycles. The van der Waals surface area contributed by atoms with Crippen LogP contribution in [0.4, 0.5) is 0 Å². The van der Waals surface area contributed by atoms with Gasteiger partial charge in [-0.15, -0.1) is 0 Å². The maximum atomic E-state index is 6.24. The zero-order chi connectivity index (χ0) is 14.1. The fourth-order valence-electron chi connectivity index (χ4n) is 1.86. The Balaban J connectivity index is 2.47. The summed E-state index contributed by atoms with van der Waals surface area (Å²) in [5, 5.41) is 4.04. The molecule has 3 nitrogen and oxygen atoms in total. The number of methoxy groups -OCH3 is 1. The van der Waals surface area contributed by atoms with Crippen molar-refractivity contribution in [2.45, 2.75) is 32.7 Å². The molecule has 1 aromatic rings. The van der Waals surface area contributed by atoms with Crippen molar-refractivity contribution in [1.82, 2.24) is 5.32 Å². The van der Waals surface area contributed by atoms with Gasteiger partial charge in [0.15, 0.2) is 0 Å². The van der Waals surface area contributed by atoms with Crippen LogP contribution in [0.3, 0.4) is 0 Å². The molecule has 0 aliphatic rings. The van der Waals surface area contributed by atoms with Crippen molar-refractivity contribution in [2.75, 3.05) is 26.9 Å². The van der Waals surface area contributed by atoms with Gasteiger partial charge in [-0.25, -0.2) is 0 Å². The molecule has 1 atom stereocenters. The lowest BCUT2D eigenvalue weighted by Gasteiger charge is -2.15. The molecule has 19 heavy (non-hydrogen) atoms. The zero-order valence-electron chi connectivity index (χ0n) is 12.0. The van der Waals surface area contributed by atoms with Gasteiger partial charge in [0.25, 0.3) is 0 Å². The normalized spacial score (nSPS) is 12.4. The van der Waals surface area contributed by atoms with Crippen LogP contribution < -0.4 is 10.1 Å². The number of nitrogens with one attached hydrogen (secondary N) is 1. The number of hydrogen-bond donors (Lipinski definition) is 1. The number of benzene rings is 1. The summed E-state index contributed by atoms with van der Waals surface area (Å²) in [5.74, 6) is 0.756. The Morgan fingerprint density at radius 3 is 2.63 bits per heavy atom. The van der Waals surface area contributed by atoms with Crippen molar-refractivity contribution in [1.29, 1.82) is 0 Å². The Morgan fingerprint density at radius 1 is 1.26 bits per heavy atom. The van der Waals surface area contributed by atoms with Gasteiger partial charge < -0.3 is 14.8 Å². The predicted octanol–water partition coefficient (Wildman–Crippen LogP) is 3.82. The fraction of sp³-hybridized carbons (Fsp3) is 0.600. The molecular weight excluding hydrogens is 262 g/mol. The van der Waals surface area contributed by atoms with E-state index in [2.05, 4.69) is 25.2 Å². The van der Waals surface area contributed by atoms with Crippen molar-refractivity contribution in [2.24, 2.45) is 0 Å². The summed E-state index contributed by atoms with van der Waals surface area (Å²) in [4.78, 5) is 0. The van der Waals surface area contributed by atoms with Gasteiger partial charge in [-0.1, -0.05) is 24.6 Å². The molecule has 0 spiro atoms. The Kier molecular flexibility index (Phi) is 7.87. The zero-order valence-corrected chi connectivity index (χ0v) is 12.8. The van der Waals surface area contributed by atoms with E-state index in [1.54, 1.807) is 7.11 Å². The highest BCUT2D eigenvalue weighted by molar-refractivity contribution is 6.32. The second-order valence-electron chi connectivity index (χ2n) is 4.52. The molecule has 0 amide bonds. The highest BCUT2D eigenvalue weighted by atomic mass is 35.5. The third-order valence-electron chi connectivity index (χ3n) is 2.97. The quantitative estimate of drug-likeness (QED) is 0.700. The van der Waals surface area contributed by atoms with Crippen molar-refractivity contribution >= 4 is 11.6 Å². The summed E-state index contributed by atoms with van der Waals surface area (Å²) >= 11 is 6.24. The Hall–Kier alpha value is -0.770. The number of ether oxygens (including phenoxy) is 2. The minimum Gasteiger partial charge on any atom is -0.492 e. The molecule has 1 unspecified atom stereocenters. The second kappa shape index (κ2) is 9.18. The lowest BCUT2D eigenvalue weighted by Crippen LogP contribution is -2.17. The van der Waals surface area contributed by atoms with E-state index in [0.29, 0.717) is 17.7 Å².